The van der Waals surface area contributed by atoms with Gasteiger partial charge in [0.2, 0.25) is 0 Å². The lowest BCUT2D eigenvalue weighted by Crippen LogP contribution is -2.08. The van der Waals surface area contributed by atoms with Crippen molar-refractivity contribution < 1.29 is 19.4 Å². The third-order valence-corrected chi connectivity index (χ3v) is 5.54. The number of carboxylic acid groups (broad SMARTS) is 1. The third-order valence-electron chi connectivity index (χ3n) is 5.43. The molecule has 1 heterocycles. The van der Waals surface area contributed by atoms with Crippen LogP contribution >= 0.6 is 11.6 Å². The SMILES string of the molecule is C1=Cc2c(ccc3c2CCc2ccccc2-3)CC1.CCOC(=O)Cl.O=C(O)c1cccnc1. The van der Waals surface area contributed by atoms with Crippen molar-refractivity contribution in [1.29, 1.82) is 0 Å². The Morgan fingerprint density at radius 2 is 1.82 bits per heavy atom. The van der Waals surface area contributed by atoms with E-state index in [1.807, 2.05) is 0 Å². The number of carbonyl (C=O) groups is 2. The summed E-state index contributed by atoms with van der Waals surface area (Å²) in [5.41, 5.74) is 8.51. The molecule has 0 unspecified atom stereocenters. The van der Waals surface area contributed by atoms with Crippen molar-refractivity contribution in [2.75, 3.05) is 6.61 Å². The molecule has 0 saturated carbocycles. The summed E-state index contributed by atoms with van der Waals surface area (Å²) in [6.45, 7) is 2.04. The summed E-state index contributed by atoms with van der Waals surface area (Å²) in [5.74, 6) is -0.942. The highest BCUT2D eigenvalue weighted by molar-refractivity contribution is 6.61. The van der Waals surface area contributed by atoms with Crippen LogP contribution in [0.25, 0.3) is 17.2 Å². The average Bonchev–Trinajstić information content (AvgIpc) is 2.85. The fourth-order valence-corrected chi connectivity index (χ4v) is 4.07. The van der Waals surface area contributed by atoms with Crippen LogP contribution in [0.3, 0.4) is 0 Å². The van der Waals surface area contributed by atoms with E-state index in [-0.39, 0.29) is 5.56 Å². The molecular weight excluding hydrogens is 438 g/mol. The van der Waals surface area contributed by atoms with E-state index >= 15 is 0 Å². The van der Waals surface area contributed by atoms with Gasteiger partial charge >= 0.3 is 11.4 Å². The van der Waals surface area contributed by atoms with Gasteiger partial charge in [-0.1, -0.05) is 48.6 Å². The van der Waals surface area contributed by atoms with Crippen molar-refractivity contribution in [1.82, 2.24) is 4.98 Å². The summed E-state index contributed by atoms with van der Waals surface area (Å²) in [6, 6.07) is 16.6. The number of fused-ring (bicyclic) bond motifs is 5. The summed E-state index contributed by atoms with van der Waals surface area (Å²) < 4.78 is 4.17. The minimum absolute atomic E-state index is 0.220. The van der Waals surface area contributed by atoms with Gasteiger partial charge in [-0.3, -0.25) is 4.98 Å². The molecule has 6 heteroatoms. The summed E-state index contributed by atoms with van der Waals surface area (Å²) in [6.07, 6.45) is 12.3. The Hall–Kier alpha value is -3.44. The fourth-order valence-electron chi connectivity index (χ4n) is 3.96. The van der Waals surface area contributed by atoms with E-state index in [1.54, 1.807) is 18.6 Å². The van der Waals surface area contributed by atoms with E-state index in [0.29, 0.717) is 6.61 Å². The highest BCUT2D eigenvalue weighted by Crippen LogP contribution is 2.38. The van der Waals surface area contributed by atoms with Gasteiger partial charge in [0.1, 0.15) is 0 Å². The Kier molecular flexibility index (Phi) is 8.79. The molecule has 0 atom stereocenters. The third kappa shape index (κ3) is 6.53. The maximum Gasteiger partial charge on any atom is 0.403 e. The number of nitrogens with zero attached hydrogens (tertiary/aromatic N) is 1. The van der Waals surface area contributed by atoms with Crippen LogP contribution in [-0.2, 0) is 24.0 Å². The van der Waals surface area contributed by atoms with Gasteiger partial charge in [-0.15, -0.1) is 0 Å². The first-order valence-electron chi connectivity index (χ1n) is 10.9. The Bertz CT molecular complexity index is 1140. The molecule has 2 aliphatic carbocycles. The zero-order valence-electron chi connectivity index (χ0n) is 18.5. The molecule has 0 aliphatic heterocycles. The minimum Gasteiger partial charge on any atom is -0.478 e. The number of hydrogen-bond acceptors (Lipinski definition) is 4. The second kappa shape index (κ2) is 12.0. The molecule has 0 amide bonds. The monoisotopic (exact) mass is 463 g/mol. The number of hydrogen-bond donors (Lipinski definition) is 1. The second-order valence-electron chi connectivity index (χ2n) is 7.48. The van der Waals surface area contributed by atoms with E-state index < -0.39 is 11.4 Å². The van der Waals surface area contributed by atoms with Crippen LogP contribution < -0.4 is 0 Å². The fraction of sp³-hybridized carbons (Fsp3) is 0.222. The summed E-state index contributed by atoms with van der Waals surface area (Å²) in [7, 11) is 0. The van der Waals surface area contributed by atoms with Crippen LogP contribution in [0, 0.1) is 0 Å². The van der Waals surface area contributed by atoms with Crippen LogP contribution in [0.5, 0.6) is 0 Å². The largest absolute Gasteiger partial charge is 0.478 e. The zero-order valence-corrected chi connectivity index (χ0v) is 19.2. The number of aryl methyl sites for hydroxylation is 2. The number of aromatic carboxylic acids is 1. The number of aromatic nitrogens is 1. The maximum atomic E-state index is 10.2. The standard InChI is InChI=1S/C18H16.C6H5NO2.C3H5ClO2/c1-3-7-15-13(5-1)9-11-18-16-8-4-2-6-14(16)10-12-17(15)18;8-6(9)5-2-1-3-7-4-5;1-2-6-3(4)5/h1,3-5,7-8,10,12H,2,6,9,11H2;1-4H,(H,8,9);2H2,1H3. The van der Waals surface area contributed by atoms with Crippen LogP contribution in [0.2, 0.25) is 0 Å². The minimum atomic E-state index is -0.942. The van der Waals surface area contributed by atoms with Crippen molar-refractivity contribution in [3.05, 3.63) is 94.8 Å². The molecule has 5 nitrogen and oxygen atoms in total. The Balaban J connectivity index is 0.000000172. The number of ether oxygens (including phenoxy) is 1. The molecule has 3 aromatic rings. The number of benzene rings is 2. The average molecular weight is 464 g/mol. The van der Waals surface area contributed by atoms with E-state index in [9.17, 15) is 9.59 Å². The molecule has 1 aromatic heterocycles. The number of pyridine rings is 1. The molecule has 33 heavy (non-hydrogen) atoms. The van der Waals surface area contributed by atoms with Crippen LogP contribution in [-0.4, -0.2) is 28.1 Å². The molecule has 0 fully saturated rings. The van der Waals surface area contributed by atoms with Crippen molar-refractivity contribution in [3.8, 4) is 11.1 Å². The molecule has 2 aromatic carbocycles. The Morgan fingerprint density at radius 3 is 2.45 bits per heavy atom. The van der Waals surface area contributed by atoms with Crippen molar-refractivity contribution in [2.45, 2.75) is 32.6 Å². The number of carboxylic acids is 1. The Morgan fingerprint density at radius 1 is 1.00 bits per heavy atom. The topological polar surface area (TPSA) is 76.5 Å². The smallest absolute Gasteiger partial charge is 0.403 e. The van der Waals surface area contributed by atoms with E-state index in [2.05, 4.69) is 58.3 Å². The Labute approximate surface area is 198 Å². The van der Waals surface area contributed by atoms with Gasteiger partial charge in [0.25, 0.3) is 0 Å². The lowest BCUT2D eigenvalue weighted by Gasteiger charge is -2.24. The van der Waals surface area contributed by atoms with Gasteiger partial charge in [0.05, 0.1) is 12.2 Å². The van der Waals surface area contributed by atoms with Crippen LogP contribution in [0.1, 0.15) is 46.0 Å². The van der Waals surface area contributed by atoms with E-state index in [0.717, 1.165) is 0 Å². The van der Waals surface area contributed by atoms with E-state index in [4.69, 9.17) is 16.7 Å². The predicted molar refractivity (Wildman–Crippen MR) is 131 cm³/mol. The normalized spacial score (nSPS) is 12.4. The van der Waals surface area contributed by atoms with Crippen molar-refractivity contribution in [2.24, 2.45) is 0 Å². The first-order chi connectivity index (χ1) is 16.0. The van der Waals surface area contributed by atoms with Gasteiger partial charge in [0, 0.05) is 24.0 Å². The second-order valence-corrected chi connectivity index (χ2v) is 7.79. The molecular formula is C27H26ClNO4. The van der Waals surface area contributed by atoms with Gasteiger partial charge in [0.15, 0.2) is 0 Å². The number of rotatable bonds is 2. The highest BCUT2D eigenvalue weighted by atomic mass is 35.5. The molecule has 2 aliphatic rings. The molecule has 1 N–H and O–H groups in total. The quantitative estimate of drug-likeness (QED) is 0.435. The summed E-state index contributed by atoms with van der Waals surface area (Å²) >= 11 is 4.72. The zero-order chi connectivity index (χ0) is 23.6. The van der Waals surface area contributed by atoms with Crippen molar-refractivity contribution in [3.63, 3.8) is 0 Å². The summed E-state index contributed by atoms with van der Waals surface area (Å²) in [4.78, 5) is 23.4. The van der Waals surface area contributed by atoms with Gasteiger partial charge in [-0.05, 0) is 78.1 Å². The van der Waals surface area contributed by atoms with Crippen molar-refractivity contribution >= 4 is 29.1 Å². The molecule has 5 rings (SSSR count). The van der Waals surface area contributed by atoms with E-state index in [1.165, 1.54) is 72.0 Å². The van der Waals surface area contributed by atoms with Crippen LogP contribution in [0.15, 0.2) is 67.0 Å². The molecule has 0 spiro atoms. The first kappa shape index (κ1) is 24.2. The number of halogens is 1. The van der Waals surface area contributed by atoms with Crippen LogP contribution in [0.4, 0.5) is 4.79 Å². The molecule has 0 radical (unpaired) electrons. The first-order valence-corrected chi connectivity index (χ1v) is 11.2. The lowest BCUT2D eigenvalue weighted by molar-refractivity contribution is 0.0696. The van der Waals surface area contributed by atoms with Gasteiger partial charge in [-0.25, -0.2) is 9.59 Å². The lowest BCUT2D eigenvalue weighted by atomic mass is 9.80. The highest BCUT2D eigenvalue weighted by Gasteiger charge is 2.19. The van der Waals surface area contributed by atoms with Gasteiger partial charge < -0.3 is 9.84 Å². The predicted octanol–water partition coefficient (Wildman–Crippen LogP) is 6.57. The maximum absolute atomic E-state index is 10.2. The van der Waals surface area contributed by atoms with Gasteiger partial charge in [-0.2, -0.15) is 0 Å². The summed E-state index contributed by atoms with van der Waals surface area (Å²) in [5, 5.41) is 8.34. The molecule has 0 bridgehead atoms. The molecule has 170 valence electrons. The number of carbonyl (C=O) groups excluding carboxylic acids is 1. The molecule has 0 saturated heterocycles. The number of allylic oxidation sites excluding steroid dienone is 1.